The van der Waals surface area contributed by atoms with Gasteiger partial charge in [-0.15, -0.1) is 0 Å². The van der Waals surface area contributed by atoms with Crippen LogP contribution in [-0.4, -0.2) is 12.5 Å². The van der Waals surface area contributed by atoms with Gasteiger partial charge in [0.1, 0.15) is 12.0 Å². The number of nitrogens with one attached hydrogen (secondary N) is 1. The molecule has 20 heavy (non-hydrogen) atoms. The first-order valence-electron chi connectivity index (χ1n) is 6.20. The van der Waals surface area contributed by atoms with Crippen LogP contribution < -0.4 is 5.32 Å². The molecule has 1 unspecified atom stereocenters. The summed E-state index contributed by atoms with van der Waals surface area (Å²) in [7, 11) is 0. The van der Waals surface area contributed by atoms with Crippen molar-refractivity contribution in [1.82, 2.24) is 5.32 Å². The van der Waals surface area contributed by atoms with Crippen LogP contribution in [0.2, 0.25) is 0 Å². The topological polar surface area (TPSA) is 55.4 Å². The highest BCUT2D eigenvalue weighted by Gasteiger charge is 2.19. The van der Waals surface area contributed by atoms with Crippen molar-refractivity contribution < 1.29 is 13.6 Å². The van der Waals surface area contributed by atoms with Gasteiger partial charge in [-0.3, -0.25) is 4.79 Å². The Balaban J connectivity index is 1.73. The second-order valence-corrected chi connectivity index (χ2v) is 5.13. The van der Waals surface area contributed by atoms with Crippen molar-refractivity contribution >= 4 is 17.2 Å². The first-order valence-corrected chi connectivity index (χ1v) is 7.15. The van der Waals surface area contributed by atoms with E-state index < -0.39 is 0 Å². The van der Waals surface area contributed by atoms with Gasteiger partial charge in [0.15, 0.2) is 0 Å². The highest BCUT2D eigenvalue weighted by atomic mass is 32.1. The second kappa shape index (κ2) is 5.79. The minimum absolute atomic E-state index is 0.0205. The highest BCUT2D eigenvalue weighted by Crippen LogP contribution is 2.26. The minimum Gasteiger partial charge on any atom is -0.472 e. The fraction of sp³-hybridized carbons (Fsp3) is 0.133. The Bertz CT molecular complexity index is 607. The van der Waals surface area contributed by atoms with E-state index in [9.17, 15) is 4.79 Å². The highest BCUT2D eigenvalue weighted by molar-refractivity contribution is 7.08. The Morgan fingerprint density at radius 2 is 2.25 bits per heavy atom. The van der Waals surface area contributed by atoms with Crippen LogP contribution in [0.25, 0.3) is 0 Å². The Morgan fingerprint density at radius 3 is 2.90 bits per heavy atom. The van der Waals surface area contributed by atoms with Crippen LogP contribution in [0.5, 0.6) is 0 Å². The van der Waals surface area contributed by atoms with Gasteiger partial charge >= 0.3 is 0 Å². The molecule has 0 fully saturated rings. The Morgan fingerprint density at radius 1 is 1.30 bits per heavy atom. The van der Waals surface area contributed by atoms with Gasteiger partial charge in [0.05, 0.1) is 24.0 Å². The van der Waals surface area contributed by atoms with Crippen molar-refractivity contribution in [3.63, 3.8) is 0 Å². The van der Waals surface area contributed by atoms with Crippen molar-refractivity contribution in [3.8, 4) is 0 Å². The van der Waals surface area contributed by atoms with E-state index in [1.165, 1.54) is 12.5 Å². The zero-order valence-electron chi connectivity index (χ0n) is 10.6. The van der Waals surface area contributed by atoms with E-state index >= 15 is 0 Å². The lowest BCUT2D eigenvalue weighted by atomic mass is 9.99. The van der Waals surface area contributed by atoms with Gasteiger partial charge in [0, 0.05) is 6.54 Å². The molecule has 0 aliphatic heterocycles. The number of amides is 1. The van der Waals surface area contributed by atoms with Gasteiger partial charge in [-0.2, -0.15) is 11.3 Å². The molecular weight excluding hydrogens is 274 g/mol. The van der Waals surface area contributed by atoms with E-state index in [4.69, 9.17) is 8.83 Å². The summed E-state index contributed by atoms with van der Waals surface area (Å²) in [4.78, 5) is 12.0. The standard InChI is InChI=1S/C15H13NO3S/c17-15(11-3-6-18-9-11)16-8-13(12-4-7-20-10-12)14-2-1-5-19-14/h1-7,9-10,13H,8H2,(H,16,17). The molecule has 3 heterocycles. The molecule has 3 aromatic rings. The molecule has 3 rings (SSSR count). The van der Waals surface area contributed by atoms with Gasteiger partial charge in [-0.25, -0.2) is 0 Å². The Kier molecular flexibility index (Phi) is 3.69. The summed E-state index contributed by atoms with van der Waals surface area (Å²) in [5, 5.41) is 6.99. The molecule has 0 saturated heterocycles. The van der Waals surface area contributed by atoms with Crippen LogP contribution in [0, 0.1) is 0 Å². The molecule has 102 valence electrons. The summed E-state index contributed by atoms with van der Waals surface area (Å²) < 4.78 is 10.4. The molecule has 1 amide bonds. The fourth-order valence-electron chi connectivity index (χ4n) is 2.04. The van der Waals surface area contributed by atoms with E-state index in [1.54, 1.807) is 23.7 Å². The number of carbonyl (C=O) groups is 1. The Labute approximate surface area is 120 Å². The predicted molar refractivity (Wildman–Crippen MR) is 75.9 cm³/mol. The van der Waals surface area contributed by atoms with Crippen LogP contribution >= 0.6 is 11.3 Å². The third kappa shape index (κ3) is 2.67. The van der Waals surface area contributed by atoms with E-state index in [-0.39, 0.29) is 11.8 Å². The normalized spacial score (nSPS) is 12.2. The van der Waals surface area contributed by atoms with Crippen LogP contribution in [-0.2, 0) is 0 Å². The molecule has 0 spiro atoms. The maximum Gasteiger partial charge on any atom is 0.254 e. The third-order valence-electron chi connectivity index (χ3n) is 3.08. The smallest absolute Gasteiger partial charge is 0.254 e. The van der Waals surface area contributed by atoms with Gasteiger partial charge in [-0.1, -0.05) is 0 Å². The third-order valence-corrected chi connectivity index (χ3v) is 3.78. The number of rotatable bonds is 5. The van der Waals surface area contributed by atoms with Crippen molar-refractivity contribution in [2.45, 2.75) is 5.92 Å². The largest absolute Gasteiger partial charge is 0.472 e. The van der Waals surface area contributed by atoms with Gasteiger partial charge in [-0.05, 0) is 40.6 Å². The summed E-state index contributed by atoms with van der Waals surface area (Å²) in [6.45, 7) is 0.480. The number of carbonyl (C=O) groups excluding carboxylic acids is 1. The minimum atomic E-state index is -0.148. The Hall–Kier alpha value is -2.27. The summed E-state index contributed by atoms with van der Waals surface area (Å²) in [5.41, 5.74) is 1.66. The first kappa shape index (κ1) is 12.7. The lowest BCUT2D eigenvalue weighted by Gasteiger charge is -2.14. The molecule has 0 bridgehead atoms. The van der Waals surface area contributed by atoms with E-state index in [1.807, 2.05) is 23.6 Å². The van der Waals surface area contributed by atoms with Gasteiger partial charge in [0.25, 0.3) is 5.91 Å². The van der Waals surface area contributed by atoms with Crippen molar-refractivity contribution in [3.05, 3.63) is 70.7 Å². The van der Waals surface area contributed by atoms with Crippen molar-refractivity contribution in [2.75, 3.05) is 6.54 Å². The zero-order chi connectivity index (χ0) is 13.8. The summed E-state index contributed by atoms with van der Waals surface area (Å²) >= 11 is 1.63. The predicted octanol–water partition coefficient (Wildman–Crippen LogP) is 3.50. The molecule has 5 heteroatoms. The fourth-order valence-corrected chi connectivity index (χ4v) is 2.75. The van der Waals surface area contributed by atoms with Crippen molar-refractivity contribution in [2.24, 2.45) is 0 Å². The molecule has 4 nitrogen and oxygen atoms in total. The maximum atomic E-state index is 12.0. The molecular formula is C15H13NO3S. The SMILES string of the molecule is O=C(NCC(c1ccsc1)c1ccco1)c1ccoc1. The number of hydrogen-bond acceptors (Lipinski definition) is 4. The van der Waals surface area contributed by atoms with E-state index in [2.05, 4.69) is 10.7 Å². The molecule has 0 saturated carbocycles. The van der Waals surface area contributed by atoms with Crippen LogP contribution in [0.3, 0.4) is 0 Å². The molecule has 1 atom stereocenters. The lowest BCUT2D eigenvalue weighted by molar-refractivity contribution is 0.0951. The van der Waals surface area contributed by atoms with Crippen LogP contribution in [0.1, 0.15) is 27.6 Å². The number of hydrogen-bond donors (Lipinski definition) is 1. The molecule has 3 aromatic heterocycles. The summed E-state index contributed by atoms with van der Waals surface area (Å²) in [5.74, 6) is 0.716. The quantitative estimate of drug-likeness (QED) is 0.781. The average molecular weight is 287 g/mol. The molecule has 0 aromatic carbocycles. The summed E-state index contributed by atoms with van der Waals surface area (Å²) in [6, 6.07) is 7.46. The number of thiophene rings is 1. The second-order valence-electron chi connectivity index (χ2n) is 4.35. The first-order chi connectivity index (χ1) is 9.84. The van der Waals surface area contributed by atoms with Crippen molar-refractivity contribution in [1.29, 1.82) is 0 Å². The average Bonchev–Trinajstić information content (AvgIpc) is 3.22. The van der Waals surface area contributed by atoms with Gasteiger partial charge in [0.2, 0.25) is 0 Å². The molecule has 0 radical (unpaired) electrons. The molecule has 0 aliphatic rings. The molecule has 0 aliphatic carbocycles. The van der Waals surface area contributed by atoms with Crippen LogP contribution in [0.4, 0.5) is 0 Å². The molecule has 1 N–H and O–H groups in total. The van der Waals surface area contributed by atoms with Gasteiger partial charge < -0.3 is 14.2 Å². The monoisotopic (exact) mass is 287 g/mol. The van der Waals surface area contributed by atoms with E-state index in [0.29, 0.717) is 12.1 Å². The van der Waals surface area contributed by atoms with Crippen LogP contribution in [0.15, 0.2) is 62.6 Å². The lowest BCUT2D eigenvalue weighted by Crippen LogP contribution is -2.28. The number of furan rings is 2. The summed E-state index contributed by atoms with van der Waals surface area (Å²) in [6.07, 6.45) is 4.56. The zero-order valence-corrected chi connectivity index (χ0v) is 11.4. The van der Waals surface area contributed by atoms with E-state index in [0.717, 1.165) is 11.3 Å². The maximum absolute atomic E-state index is 12.0.